The molecule has 0 atom stereocenters. The lowest BCUT2D eigenvalue weighted by Crippen LogP contribution is -2.19. The van der Waals surface area contributed by atoms with E-state index in [0.29, 0.717) is 22.6 Å². The number of aromatic nitrogens is 1. The van der Waals surface area contributed by atoms with Crippen LogP contribution >= 0.6 is 15.9 Å². The van der Waals surface area contributed by atoms with E-state index >= 15 is 0 Å². The smallest absolute Gasteiger partial charge is 0.322 e. The normalized spacial score (nSPS) is 10.0. The van der Waals surface area contributed by atoms with Crippen LogP contribution in [-0.4, -0.2) is 16.9 Å². The molecule has 0 fully saturated rings. The zero-order valence-electron chi connectivity index (χ0n) is 13.6. The molecule has 6 nitrogen and oxygen atoms in total. The van der Waals surface area contributed by atoms with Crippen LogP contribution in [0.25, 0.3) is 0 Å². The van der Waals surface area contributed by atoms with Gasteiger partial charge < -0.3 is 16.0 Å². The predicted octanol–water partition coefficient (Wildman–Crippen LogP) is 4.74. The van der Waals surface area contributed by atoms with Gasteiger partial charge in [-0.25, -0.2) is 4.79 Å². The zero-order valence-corrected chi connectivity index (χ0v) is 15.2. The van der Waals surface area contributed by atoms with Crippen molar-refractivity contribution >= 4 is 44.9 Å². The van der Waals surface area contributed by atoms with Crippen molar-refractivity contribution in [3.05, 3.63) is 83.1 Å². The number of rotatable bonds is 4. The molecule has 26 heavy (non-hydrogen) atoms. The highest BCUT2D eigenvalue weighted by molar-refractivity contribution is 9.10. The minimum absolute atomic E-state index is 0.287. The van der Waals surface area contributed by atoms with Crippen LogP contribution in [0, 0.1) is 0 Å². The second-order valence-corrected chi connectivity index (χ2v) is 6.29. The lowest BCUT2D eigenvalue weighted by atomic mass is 10.2. The molecule has 0 saturated carbocycles. The molecule has 3 aromatic rings. The van der Waals surface area contributed by atoms with Gasteiger partial charge in [0.15, 0.2) is 0 Å². The summed E-state index contributed by atoms with van der Waals surface area (Å²) in [5, 5.41) is 8.24. The summed E-state index contributed by atoms with van der Waals surface area (Å²) in [4.78, 5) is 28.3. The zero-order chi connectivity index (χ0) is 18.4. The number of benzene rings is 2. The highest BCUT2D eigenvalue weighted by Gasteiger charge is 2.08. The number of urea groups is 1. The van der Waals surface area contributed by atoms with E-state index in [1.54, 1.807) is 48.7 Å². The Bertz CT molecular complexity index is 932. The fourth-order valence-electron chi connectivity index (χ4n) is 2.23. The summed E-state index contributed by atoms with van der Waals surface area (Å²) in [6.07, 6.45) is 3.09. The van der Waals surface area contributed by atoms with Crippen LogP contribution in [0.2, 0.25) is 0 Å². The Morgan fingerprint density at radius 2 is 1.42 bits per heavy atom. The lowest BCUT2D eigenvalue weighted by molar-refractivity contribution is 0.102. The van der Waals surface area contributed by atoms with E-state index in [9.17, 15) is 9.59 Å². The number of hydrogen-bond donors (Lipinski definition) is 3. The van der Waals surface area contributed by atoms with Gasteiger partial charge in [0.25, 0.3) is 5.91 Å². The minimum Gasteiger partial charge on any atom is -0.322 e. The van der Waals surface area contributed by atoms with Gasteiger partial charge in [0.05, 0.1) is 5.56 Å². The third kappa shape index (κ3) is 4.90. The number of nitrogens with zero attached hydrogens (tertiary/aromatic N) is 1. The summed E-state index contributed by atoms with van der Waals surface area (Å²) < 4.78 is 0.721. The van der Waals surface area contributed by atoms with Crippen molar-refractivity contribution in [2.75, 3.05) is 16.0 Å². The standard InChI is InChI=1S/C19H15BrN4O2/c20-14-9-13(11-21-12-14)18(25)22-16-7-4-8-17(10-16)24-19(26)23-15-5-2-1-3-6-15/h1-12H,(H,22,25)(H2,23,24,26). The number of amides is 3. The van der Waals surface area contributed by atoms with E-state index in [-0.39, 0.29) is 11.9 Å². The van der Waals surface area contributed by atoms with Crippen LogP contribution in [0.3, 0.4) is 0 Å². The Morgan fingerprint density at radius 1 is 0.769 bits per heavy atom. The van der Waals surface area contributed by atoms with E-state index in [1.165, 1.54) is 6.20 Å². The Labute approximate surface area is 158 Å². The molecule has 130 valence electrons. The average molecular weight is 411 g/mol. The summed E-state index contributed by atoms with van der Waals surface area (Å²) in [6, 6.07) is 17.3. The van der Waals surface area contributed by atoms with Crippen molar-refractivity contribution in [3.63, 3.8) is 0 Å². The summed E-state index contributed by atoms with van der Waals surface area (Å²) in [5.74, 6) is -0.287. The maximum atomic E-state index is 12.3. The van der Waals surface area contributed by atoms with Crippen LogP contribution in [0.15, 0.2) is 77.5 Å². The first kappa shape index (κ1) is 17.6. The summed E-state index contributed by atoms with van der Waals surface area (Å²) in [7, 11) is 0. The second kappa shape index (κ2) is 8.26. The number of para-hydroxylation sites is 1. The van der Waals surface area contributed by atoms with Gasteiger partial charge in [0.2, 0.25) is 0 Å². The van der Waals surface area contributed by atoms with Crippen LogP contribution < -0.4 is 16.0 Å². The number of carbonyl (C=O) groups excluding carboxylic acids is 2. The number of carbonyl (C=O) groups is 2. The summed E-state index contributed by atoms with van der Waals surface area (Å²) in [5.41, 5.74) is 2.24. The Morgan fingerprint density at radius 3 is 2.15 bits per heavy atom. The van der Waals surface area contributed by atoms with Crippen LogP contribution in [0.4, 0.5) is 21.9 Å². The molecule has 3 amide bonds. The molecule has 0 aliphatic heterocycles. The Balaban J connectivity index is 1.64. The van der Waals surface area contributed by atoms with Crippen LogP contribution in [0.5, 0.6) is 0 Å². The molecule has 0 radical (unpaired) electrons. The molecule has 0 spiro atoms. The molecule has 0 saturated heterocycles. The topological polar surface area (TPSA) is 83.1 Å². The van der Waals surface area contributed by atoms with E-state index in [1.807, 2.05) is 18.2 Å². The Hall–Kier alpha value is -3.19. The van der Waals surface area contributed by atoms with E-state index in [4.69, 9.17) is 0 Å². The molecule has 1 aromatic heterocycles. The average Bonchev–Trinajstić information content (AvgIpc) is 2.62. The molecular weight excluding hydrogens is 396 g/mol. The first-order chi connectivity index (χ1) is 12.6. The number of nitrogens with one attached hydrogen (secondary N) is 3. The molecule has 2 aromatic carbocycles. The SMILES string of the molecule is O=C(Nc1ccccc1)Nc1cccc(NC(=O)c2cncc(Br)c2)c1. The molecule has 0 bridgehead atoms. The number of hydrogen-bond acceptors (Lipinski definition) is 3. The number of anilines is 3. The number of halogens is 1. The van der Waals surface area contributed by atoms with Crippen molar-refractivity contribution in [1.29, 1.82) is 0 Å². The molecule has 3 rings (SSSR count). The van der Waals surface area contributed by atoms with Gasteiger partial charge in [-0.3, -0.25) is 9.78 Å². The van der Waals surface area contributed by atoms with Gasteiger partial charge in [-0.1, -0.05) is 24.3 Å². The highest BCUT2D eigenvalue weighted by Crippen LogP contribution is 2.17. The van der Waals surface area contributed by atoms with Gasteiger partial charge in [-0.2, -0.15) is 0 Å². The summed E-state index contributed by atoms with van der Waals surface area (Å²) >= 11 is 3.28. The predicted molar refractivity (Wildman–Crippen MR) is 105 cm³/mol. The monoisotopic (exact) mass is 410 g/mol. The van der Waals surface area contributed by atoms with Gasteiger partial charge in [0.1, 0.15) is 0 Å². The van der Waals surface area contributed by atoms with E-state index < -0.39 is 0 Å². The third-order valence-electron chi connectivity index (χ3n) is 3.38. The summed E-state index contributed by atoms with van der Waals surface area (Å²) in [6.45, 7) is 0. The highest BCUT2D eigenvalue weighted by atomic mass is 79.9. The molecule has 3 N–H and O–H groups in total. The molecule has 0 aliphatic carbocycles. The third-order valence-corrected chi connectivity index (χ3v) is 3.81. The van der Waals surface area contributed by atoms with Gasteiger partial charge in [-0.05, 0) is 52.3 Å². The first-order valence-corrected chi connectivity index (χ1v) is 8.54. The molecule has 1 heterocycles. The first-order valence-electron chi connectivity index (χ1n) is 7.75. The molecule has 7 heteroatoms. The van der Waals surface area contributed by atoms with Crippen molar-refractivity contribution in [2.45, 2.75) is 0 Å². The van der Waals surface area contributed by atoms with Crippen LogP contribution in [-0.2, 0) is 0 Å². The van der Waals surface area contributed by atoms with E-state index in [0.717, 1.165) is 4.47 Å². The van der Waals surface area contributed by atoms with Crippen molar-refractivity contribution < 1.29 is 9.59 Å². The Kier molecular flexibility index (Phi) is 5.60. The van der Waals surface area contributed by atoms with Gasteiger partial charge >= 0.3 is 6.03 Å². The largest absolute Gasteiger partial charge is 0.323 e. The second-order valence-electron chi connectivity index (χ2n) is 5.37. The number of pyridine rings is 1. The quantitative estimate of drug-likeness (QED) is 0.580. The van der Waals surface area contributed by atoms with Crippen molar-refractivity contribution in [2.24, 2.45) is 0 Å². The molecule has 0 unspecified atom stereocenters. The van der Waals surface area contributed by atoms with E-state index in [2.05, 4.69) is 36.9 Å². The van der Waals surface area contributed by atoms with Gasteiger partial charge in [-0.15, -0.1) is 0 Å². The van der Waals surface area contributed by atoms with Crippen LogP contribution in [0.1, 0.15) is 10.4 Å². The maximum absolute atomic E-state index is 12.3. The van der Waals surface area contributed by atoms with Crippen molar-refractivity contribution in [3.8, 4) is 0 Å². The fourth-order valence-corrected chi connectivity index (χ4v) is 2.59. The lowest BCUT2D eigenvalue weighted by Gasteiger charge is -2.10. The minimum atomic E-state index is -0.365. The van der Waals surface area contributed by atoms with Crippen molar-refractivity contribution in [1.82, 2.24) is 4.98 Å². The van der Waals surface area contributed by atoms with Gasteiger partial charge in [0, 0.05) is 33.9 Å². The fraction of sp³-hybridized carbons (Fsp3) is 0. The molecule has 0 aliphatic rings. The molecular formula is C19H15BrN4O2. The maximum Gasteiger partial charge on any atom is 0.323 e.